The van der Waals surface area contributed by atoms with Crippen molar-refractivity contribution in [2.75, 3.05) is 0 Å². The summed E-state index contributed by atoms with van der Waals surface area (Å²) < 4.78 is 0. The first-order chi connectivity index (χ1) is 5.79. The van der Waals surface area contributed by atoms with Gasteiger partial charge in [0, 0.05) is 12.0 Å². The Labute approximate surface area is 71.7 Å². The highest BCUT2D eigenvalue weighted by Crippen LogP contribution is 2.31. The van der Waals surface area contributed by atoms with Crippen LogP contribution in [0.2, 0.25) is 0 Å². The van der Waals surface area contributed by atoms with Gasteiger partial charge in [-0.15, -0.1) is 0 Å². The van der Waals surface area contributed by atoms with Crippen LogP contribution >= 0.6 is 0 Å². The predicted octanol–water partition coefficient (Wildman–Crippen LogP) is 2.43. The molecule has 1 aliphatic carbocycles. The van der Waals surface area contributed by atoms with Gasteiger partial charge in [-0.1, -0.05) is 35.9 Å². The van der Waals surface area contributed by atoms with Crippen LogP contribution in [0.25, 0.3) is 5.57 Å². The van der Waals surface area contributed by atoms with Crippen LogP contribution in [0.4, 0.5) is 0 Å². The molecule has 1 aromatic carbocycles. The van der Waals surface area contributed by atoms with Gasteiger partial charge in [0.1, 0.15) is 0 Å². The van der Waals surface area contributed by atoms with Crippen LogP contribution < -0.4 is 0 Å². The topological polar surface area (TPSA) is 17.1 Å². The molecule has 0 spiro atoms. The van der Waals surface area contributed by atoms with Crippen molar-refractivity contribution < 1.29 is 4.79 Å². The van der Waals surface area contributed by atoms with E-state index in [4.69, 9.17) is 0 Å². The first-order valence-corrected chi connectivity index (χ1v) is 4.07. The second kappa shape index (κ2) is 2.59. The van der Waals surface area contributed by atoms with Crippen molar-refractivity contribution in [1.82, 2.24) is 0 Å². The van der Waals surface area contributed by atoms with Gasteiger partial charge in [0.25, 0.3) is 0 Å². The summed E-state index contributed by atoms with van der Waals surface area (Å²) in [6, 6.07) is 9.84. The zero-order chi connectivity index (χ0) is 8.55. The Morgan fingerprint density at radius 1 is 1.17 bits per heavy atom. The minimum Gasteiger partial charge on any atom is -0.294 e. The molecule has 0 unspecified atom stereocenters. The van der Waals surface area contributed by atoms with Crippen molar-refractivity contribution in [3.05, 3.63) is 41.5 Å². The molecule has 0 saturated carbocycles. The number of ketones is 1. The molecular weight excluding hydrogens is 148 g/mol. The highest BCUT2D eigenvalue weighted by Gasteiger charge is 2.24. The summed E-state index contributed by atoms with van der Waals surface area (Å²) in [6.45, 7) is 2.02. The van der Waals surface area contributed by atoms with Gasteiger partial charge in [0.15, 0.2) is 5.78 Å². The molecule has 0 N–H and O–H groups in total. The van der Waals surface area contributed by atoms with E-state index < -0.39 is 0 Å². The van der Waals surface area contributed by atoms with Gasteiger partial charge in [-0.2, -0.15) is 0 Å². The highest BCUT2D eigenvalue weighted by molar-refractivity contribution is 6.28. The smallest absolute Gasteiger partial charge is 0.167 e. The Hall–Kier alpha value is -1.37. The Kier molecular flexibility index (Phi) is 1.58. The third-order valence-corrected chi connectivity index (χ3v) is 2.19. The molecular formula is C11H10O. The highest BCUT2D eigenvalue weighted by atomic mass is 16.1. The number of benzene rings is 1. The lowest BCUT2D eigenvalue weighted by Crippen LogP contribution is -2.14. The lowest BCUT2D eigenvalue weighted by Gasteiger charge is -2.19. The van der Waals surface area contributed by atoms with Crippen molar-refractivity contribution in [3.8, 4) is 0 Å². The molecule has 1 aromatic rings. The fourth-order valence-corrected chi connectivity index (χ4v) is 1.56. The third kappa shape index (κ3) is 0.981. The molecule has 0 aliphatic heterocycles. The molecule has 2 rings (SSSR count). The average molecular weight is 158 g/mol. The monoisotopic (exact) mass is 158 g/mol. The molecule has 0 saturated heterocycles. The SMILES string of the molecule is CC1=C(c2ccccc2)C(=O)C1. The van der Waals surface area contributed by atoms with Crippen molar-refractivity contribution in [3.63, 3.8) is 0 Å². The van der Waals surface area contributed by atoms with E-state index in [2.05, 4.69) is 0 Å². The molecule has 60 valence electrons. The maximum absolute atomic E-state index is 11.2. The van der Waals surface area contributed by atoms with Crippen LogP contribution in [-0.2, 0) is 4.79 Å². The molecule has 12 heavy (non-hydrogen) atoms. The van der Waals surface area contributed by atoms with Crippen LogP contribution in [0.1, 0.15) is 18.9 Å². The largest absolute Gasteiger partial charge is 0.294 e. The van der Waals surface area contributed by atoms with E-state index in [0.29, 0.717) is 6.42 Å². The molecule has 0 aromatic heterocycles. The standard InChI is InChI=1S/C11H10O/c1-8-7-10(12)11(8)9-5-3-2-4-6-9/h2-6H,7H2,1H3. The first kappa shape index (κ1) is 7.29. The summed E-state index contributed by atoms with van der Waals surface area (Å²) in [6.07, 6.45) is 0.643. The van der Waals surface area contributed by atoms with Crippen LogP contribution in [0.5, 0.6) is 0 Å². The van der Waals surface area contributed by atoms with E-state index in [9.17, 15) is 4.79 Å². The van der Waals surface area contributed by atoms with E-state index in [1.54, 1.807) is 0 Å². The lowest BCUT2D eigenvalue weighted by molar-refractivity contribution is -0.114. The molecule has 0 bridgehead atoms. The predicted molar refractivity (Wildman–Crippen MR) is 48.7 cm³/mol. The minimum absolute atomic E-state index is 0.277. The molecule has 1 heteroatoms. The summed E-state index contributed by atoms with van der Waals surface area (Å²) >= 11 is 0. The van der Waals surface area contributed by atoms with E-state index in [1.165, 1.54) is 5.57 Å². The van der Waals surface area contributed by atoms with Gasteiger partial charge >= 0.3 is 0 Å². The van der Waals surface area contributed by atoms with Crippen LogP contribution in [0.3, 0.4) is 0 Å². The van der Waals surface area contributed by atoms with Gasteiger partial charge in [0.2, 0.25) is 0 Å². The molecule has 0 amide bonds. The Balaban J connectivity index is 2.45. The summed E-state index contributed by atoms with van der Waals surface area (Å²) in [5.41, 5.74) is 3.20. The van der Waals surface area contributed by atoms with E-state index >= 15 is 0 Å². The van der Waals surface area contributed by atoms with Gasteiger partial charge in [-0.25, -0.2) is 0 Å². The van der Waals surface area contributed by atoms with Crippen molar-refractivity contribution in [2.24, 2.45) is 0 Å². The number of rotatable bonds is 1. The second-order valence-corrected chi connectivity index (χ2v) is 3.12. The van der Waals surface area contributed by atoms with Gasteiger partial charge < -0.3 is 0 Å². The summed E-state index contributed by atoms with van der Waals surface area (Å²) in [7, 11) is 0. The Morgan fingerprint density at radius 2 is 1.83 bits per heavy atom. The molecule has 1 aliphatic rings. The van der Waals surface area contributed by atoms with Crippen molar-refractivity contribution in [2.45, 2.75) is 13.3 Å². The zero-order valence-corrected chi connectivity index (χ0v) is 7.00. The zero-order valence-electron chi connectivity index (χ0n) is 7.00. The van der Waals surface area contributed by atoms with Crippen LogP contribution in [0.15, 0.2) is 35.9 Å². The first-order valence-electron chi connectivity index (χ1n) is 4.07. The number of Topliss-reactive ketones (excluding diaryl/α,β-unsaturated/α-hetero) is 1. The van der Waals surface area contributed by atoms with Gasteiger partial charge in [0.05, 0.1) is 0 Å². The quantitative estimate of drug-likeness (QED) is 0.613. The summed E-state index contributed by atoms with van der Waals surface area (Å²) in [5, 5.41) is 0. The maximum Gasteiger partial charge on any atom is 0.167 e. The normalized spacial score (nSPS) is 16.2. The fourth-order valence-electron chi connectivity index (χ4n) is 1.56. The molecule has 1 nitrogen and oxygen atoms in total. The van der Waals surface area contributed by atoms with E-state index in [-0.39, 0.29) is 5.78 Å². The number of carbonyl (C=O) groups excluding carboxylic acids is 1. The van der Waals surface area contributed by atoms with Gasteiger partial charge in [-0.3, -0.25) is 4.79 Å². The minimum atomic E-state index is 0.277. The number of carbonyl (C=O) groups is 1. The Bertz CT molecular complexity index is 347. The van der Waals surface area contributed by atoms with Gasteiger partial charge in [-0.05, 0) is 12.5 Å². The average Bonchev–Trinajstić information content (AvgIpc) is 2.05. The third-order valence-electron chi connectivity index (χ3n) is 2.19. The van der Waals surface area contributed by atoms with Crippen molar-refractivity contribution in [1.29, 1.82) is 0 Å². The second-order valence-electron chi connectivity index (χ2n) is 3.12. The van der Waals surface area contributed by atoms with E-state index in [0.717, 1.165) is 11.1 Å². The molecule has 0 atom stereocenters. The molecule has 0 heterocycles. The Morgan fingerprint density at radius 3 is 2.33 bits per heavy atom. The number of hydrogen-bond donors (Lipinski definition) is 0. The molecule has 0 radical (unpaired) electrons. The fraction of sp³-hybridized carbons (Fsp3) is 0.182. The lowest BCUT2D eigenvalue weighted by atomic mass is 9.83. The summed E-state index contributed by atoms with van der Waals surface area (Å²) in [5.74, 6) is 0.277. The maximum atomic E-state index is 11.2. The number of allylic oxidation sites excluding steroid dienone is 2. The van der Waals surface area contributed by atoms with E-state index in [1.807, 2.05) is 37.3 Å². The summed E-state index contributed by atoms with van der Waals surface area (Å²) in [4.78, 5) is 11.2. The number of hydrogen-bond acceptors (Lipinski definition) is 1. The molecule has 0 fully saturated rings. The van der Waals surface area contributed by atoms with Crippen LogP contribution in [0, 0.1) is 0 Å². The van der Waals surface area contributed by atoms with Crippen LogP contribution in [-0.4, -0.2) is 5.78 Å². The van der Waals surface area contributed by atoms with Crippen molar-refractivity contribution >= 4 is 11.4 Å².